The minimum absolute atomic E-state index is 0.289. The molecule has 156 valence electrons. The molecule has 1 aromatic rings. The van der Waals surface area contributed by atoms with E-state index in [1.54, 1.807) is 0 Å². The second kappa shape index (κ2) is 7.55. The molecular formula is C25H42OSi2. The molecule has 28 heavy (non-hydrogen) atoms. The highest BCUT2D eigenvalue weighted by atomic mass is 28.4. The van der Waals surface area contributed by atoms with Gasteiger partial charge in [-0.25, -0.2) is 0 Å². The lowest BCUT2D eigenvalue weighted by Gasteiger charge is -2.50. The second-order valence-electron chi connectivity index (χ2n) is 11.7. The van der Waals surface area contributed by atoms with Crippen molar-refractivity contribution in [1.29, 1.82) is 0 Å². The first kappa shape index (κ1) is 22.0. The van der Waals surface area contributed by atoms with Crippen molar-refractivity contribution in [3.8, 4) is 0 Å². The average Bonchev–Trinajstić information content (AvgIpc) is 2.93. The van der Waals surface area contributed by atoms with Gasteiger partial charge in [0.2, 0.25) is 0 Å². The van der Waals surface area contributed by atoms with Crippen molar-refractivity contribution < 1.29 is 4.43 Å². The molecule has 0 unspecified atom stereocenters. The SMILES string of the molecule is CC(C)(C)[Si](C)(C)O[C@@H]1CCC[C@]2(C)C([Si](C)(C)Cc3ccccc3)=CC[C@@H]12. The van der Waals surface area contributed by atoms with Gasteiger partial charge in [0.25, 0.3) is 0 Å². The van der Waals surface area contributed by atoms with Gasteiger partial charge < -0.3 is 4.43 Å². The summed E-state index contributed by atoms with van der Waals surface area (Å²) in [6.45, 7) is 19.7. The number of hydrogen-bond donors (Lipinski definition) is 0. The van der Waals surface area contributed by atoms with Crippen LogP contribution in [-0.4, -0.2) is 22.5 Å². The van der Waals surface area contributed by atoms with Crippen molar-refractivity contribution in [3.05, 3.63) is 47.2 Å². The Labute approximate surface area is 176 Å². The van der Waals surface area contributed by atoms with E-state index in [1.165, 1.54) is 37.3 Å². The highest BCUT2D eigenvalue weighted by molar-refractivity contribution is 6.84. The summed E-state index contributed by atoms with van der Waals surface area (Å²) in [6.07, 6.45) is 8.28. The van der Waals surface area contributed by atoms with Crippen LogP contribution in [0.15, 0.2) is 41.6 Å². The van der Waals surface area contributed by atoms with E-state index in [0.29, 0.717) is 17.4 Å². The number of benzene rings is 1. The molecule has 1 aromatic carbocycles. The molecule has 0 heterocycles. The van der Waals surface area contributed by atoms with Gasteiger partial charge in [0.05, 0.1) is 8.07 Å². The van der Waals surface area contributed by atoms with E-state index in [1.807, 2.05) is 5.20 Å². The Morgan fingerprint density at radius 1 is 1.07 bits per heavy atom. The zero-order chi connectivity index (χ0) is 20.8. The van der Waals surface area contributed by atoms with E-state index in [9.17, 15) is 0 Å². The quantitative estimate of drug-likeness (QED) is 0.452. The van der Waals surface area contributed by atoms with E-state index in [-0.39, 0.29) is 5.04 Å². The van der Waals surface area contributed by atoms with Gasteiger partial charge in [0, 0.05) is 6.10 Å². The predicted molar refractivity (Wildman–Crippen MR) is 128 cm³/mol. The van der Waals surface area contributed by atoms with Crippen LogP contribution in [0.1, 0.15) is 58.9 Å². The fraction of sp³-hybridized carbons (Fsp3) is 0.680. The summed E-state index contributed by atoms with van der Waals surface area (Å²) in [5.74, 6) is 0.688. The molecule has 0 aromatic heterocycles. The molecule has 0 bridgehead atoms. The van der Waals surface area contributed by atoms with Crippen LogP contribution in [0.2, 0.25) is 31.2 Å². The van der Waals surface area contributed by atoms with Crippen LogP contribution in [0.25, 0.3) is 0 Å². The summed E-state index contributed by atoms with van der Waals surface area (Å²) in [4.78, 5) is 0. The van der Waals surface area contributed by atoms with Crippen LogP contribution in [0, 0.1) is 11.3 Å². The maximum Gasteiger partial charge on any atom is 0.192 e. The zero-order valence-corrected chi connectivity index (χ0v) is 21.6. The monoisotopic (exact) mass is 414 g/mol. The third-order valence-electron chi connectivity index (χ3n) is 8.11. The Hall–Kier alpha value is -0.646. The molecule has 1 fully saturated rings. The summed E-state index contributed by atoms with van der Waals surface area (Å²) >= 11 is 0. The molecule has 0 radical (unpaired) electrons. The van der Waals surface area contributed by atoms with Gasteiger partial charge in [0.1, 0.15) is 0 Å². The van der Waals surface area contributed by atoms with Gasteiger partial charge in [-0.3, -0.25) is 0 Å². The molecule has 1 nitrogen and oxygen atoms in total. The molecule has 3 heteroatoms. The van der Waals surface area contributed by atoms with Crippen molar-refractivity contribution in [2.24, 2.45) is 11.3 Å². The summed E-state index contributed by atoms with van der Waals surface area (Å²) in [5.41, 5.74) is 1.87. The summed E-state index contributed by atoms with van der Waals surface area (Å²) in [6, 6.07) is 12.4. The first-order valence-corrected chi connectivity index (χ1v) is 17.4. The number of rotatable bonds is 5. The van der Waals surface area contributed by atoms with Gasteiger partial charge in [-0.1, -0.05) is 94.4 Å². The number of hydrogen-bond acceptors (Lipinski definition) is 1. The summed E-state index contributed by atoms with van der Waals surface area (Å²) in [7, 11) is -3.23. The van der Waals surface area contributed by atoms with Crippen molar-refractivity contribution >= 4 is 16.4 Å². The molecule has 2 aliphatic carbocycles. The smallest absolute Gasteiger partial charge is 0.192 e. The van der Waals surface area contributed by atoms with E-state index in [0.717, 1.165) is 0 Å². The van der Waals surface area contributed by atoms with Crippen LogP contribution < -0.4 is 0 Å². The molecule has 3 atom stereocenters. The van der Waals surface area contributed by atoms with Crippen LogP contribution in [0.4, 0.5) is 0 Å². The number of fused-ring (bicyclic) bond motifs is 1. The Balaban J connectivity index is 1.81. The fourth-order valence-electron chi connectivity index (χ4n) is 5.64. The van der Waals surface area contributed by atoms with E-state index >= 15 is 0 Å². The lowest BCUT2D eigenvalue weighted by molar-refractivity contribution is 0.0218. The number of allylic oxidation sites excluding steroid dienone is 2. The zero-order valence-electron chi connectivity index (χ0n) is 19.6. The van der Waals surface area contributed by atoms with Crippen molar-refractivity contribution in [2.75, 3.05) is 0 Å². The molecule has 0 saturated heterocycles. The molecule has 3 rings (SSSR count). The molecule has 0 aliphatic heterocycles. The van der Waals surface area contributed by atoms with Gasteiger partial charge in [-0.05, 0) is 54.8 Å². The standard InChI is InChI=1S/C25H42OSi2/c1-24(2,3)28(7,8)26-22-15-12-18-25(4)21(22)16-17-23(25)27(5,6)19-20-13-10-9-11-14-20/h9-11,13-14,17,21-22H,12,15-16,18-19H2,1-8H3/t21-,22+,25-/m0/s1. The molecule has 0 spiro atoms. The molecule has 2 aliphatic rings. The lowest BCUT2D eigenvalue weighted by atomic mass is 9.68. The third kappa shape index (κ3) is 4.13. The molecule has 0 amide bonds. The van der Waals surface area contributed by atoms with Crippen LogP contribution >= 0.6 is 0 Å². The minimum atomic E-state index is -1.73. The summed E-state index contributed by atoms with van der Waals surface area (Å²) < 4.78 is 7.02. The van der Waals surface area contributed by atoms with E-state index in [2.05, 4.69) is 90.3 Å². The van der Waals surface area contributed by atoms with Crippen molar-refractivity contribution in [3.63, 3.8) is 0 Å². The lowest BCUT2D eigenvalue weighted by Crippen LogP contribution is -2.51. The molecule has 0 N–H and O–H groups in total. The highest BCUT2D eigenvalue weighted by Crippen LogP contribution is 2.57. The molecular weight excluding hydrogens is 372 g/mol. The van der Waals surface area contributed by atoms with E-state index in [4.69, 9.17) is 4.43 Å². The Morgan fingerprint density at radius 3 is 2.32 bits per heavy atom. The Bertz CT molecular complexity index is 714. The van der Waals surface area contributed by atoms with Crippen molar-refractivity contribution in [2.45, 2.75) is 96.8 Å². The third-order valence-corrected chi connectivity index (χ3v) is 16.1. The van der Waals surface area contributed by atoms with Crippen molar-refractivity contribution in [1.82, 2.24) is 0 Å². The van der Waals surface area contributed by atoms with Gasteiger partial charge in [-0.2, -0.15) is 0 Å². The average molecular weight is 415 g/mol. The highest BCUT2D eigenvalue weighted by Gasteiger charge is 2.53. The normalized spacial score (nSPS) is 28.8. The maximum absolute atomic E-state index is 7.02. The first-order chi connectivity index (χ1) is 12.9. The van der Waals surface area contributed by atoms with Gasteiger partial charge in [-0.15, -0.1) is 0 Å². The van der Waals surface area contributed by atoms with Crippen LogP contribution in [-0.2, 0) is 10.5 Å². The van der Waals surface area contributed by atoms with E-state index < -0.39 is 16.4 Å². The Morgan fingerprint density at radius 2 is 1.71 bits per heavy atom. The second-order valence-corrected chi connectivity index (χ2v) is 21.1. The van der Waals surface area contributed by atoms with Gasteiger partial charge in [0.15, 0.2) is 8.32 Å². The minimum Gasteiger partial charge on any atom is -0.414 e. The predicted octanol–water partition coefficient (Wildman–Crippen LogP) is 7.54. The largest absolute Gasteiger partial charge is 0.414 e. The maximum atomic E-state index is 7.02. The van der Waals surface area contributed by atoms with Gasteiger partial charge >= 0.3 is 0 Å². The summed E-state index contributed by atoms with van der Waals surface area (Å²) in [5, 5.41) is 2.12. The fourth-order valence-corrected chi connectivity index (χ4v) is 11.0. The topological polar surface area (TPSA) is 9.23 Å². The van der Waals surface area contributed by atoms with Crippen LogP contribution in [0.5, 0.6) is 0 Å². The van der Waals surface area contributed by atoms with Crippen LogP contribution in [0.3, 0.4) is 0 Å². The first-order valence-electron chi connectivity index (χ1n) is 11.3. The molecule has 1 saturated carbocycles. The Kier molecular flexibility index (Phi) is 5.95.